The van der Waals surface area contributed by atoms with Gasteiger partial charge in [-0.3, -0.25) is 10.1 Å². The number of aromatic hydroxyl groups is 1. The standard InChI is InChI=1S/C23H23NO5/c1-15(13-14-25)21(19-11-12-20(26)18-10-6-5-9-17(18)19)29-23(28)24-22(27)16-7-3-2-4-8-16/h2-12,15,21,25-26H,13-14H2,1H3,(H,24,27,28)/t15-,21+/m1/s1. The van der Waals surface area contributed by atoms with Crippen LogP contribution in [0.15, 0.2) is 66.7 Å². The first-order valence-electron chi connectivity index (χ1n) is 9.39. The second-order valence-electron chi connectivity index (χ2n) is 6.86. The molecule has 0 fully saturated rings. The smallest absolute Gasteiger partial charge is 0.414 e. The number of carbonyl (C=O) groups is 2. The summed E-state index contributed by atoms with van der Waals surface area (Å²) in [6, 6.07) is 18.9. The summed E-state index contributed by atoms with van der Waals surface area (Å²) in [7, 11) is 0. The van der Waals surface area contributed by atoms with Crippen molar-refractivity contribution in [2.24, 2.45) is 5.92 Å². The van der Waals surface area contributed by atoms with E-state index in [0.29, 0.717) is 22.9 Å². The Kier molecular flexibility index (Phi) is 6.46. The second-order valence-corrected chi connectivity index (χ2v) is 6.86. The van der Waals surface area contributed by atoms with Crippen LogP contribution in [0.5, 0.6) is 5.75 Å². The molecular formula is C23H23NO5. The van der Waals surface area contributed by atoms with E-state index in [0.717, 1.165) is 5.39 Å². The number of aliphatic hydroxyl groups excluding tert-OH is 1. The fourth-order valence-corrected chi connectivity index (χ4v) is 3.29. The van der Waals surface area contributed by atoms with Crippen molar-refractivity contribution >= 4 is 22.8 Å². The molecule has 0 heterocycles. The van der Waals surface area contributed by atoms with E-state index in [2.05, 4.69) is 5.32 Å². The summed E-state index contributed by atoms with van der Waals surface area (Å²) < 4.78 is 5.63. The molecule has 3 aromatic rings. The maximum Gasteiger partial charge on any atom is 0.414 e. The number of rotatable bonds is 6. The molecule has 3 rings (SSSR count). The third kappa shape index (κ3) is 4.73. The summed E-state index contributed by atoms with van der Waals surface area (Å²) in [5, 5.41) is 23.1. The molecule has 6 nitrogen and oxygen atoms in total. The van der Waals surface area contributed by atoms with Gasteiger partial charge in [-0.05, 0) is 35.9 Å². The summed E-state index contributed by atoms with van der Waals surface area (Å²) in [6.07, 6.45) is -1.18. The van der Waals surface area contributed by atoms with Crippen molar-refractivity contribution in [2.75, 3.05) is 6.61 Å². The molecule has 0 saturated carbocycles. The van der Waals surface area contributed by atoms with E-state index in [9.17, 15) is 19.8 Å². The van der Waals surface area contributed by atoms with Crippen LogP contribution in [0.2, 0.25) is 0 Å². The first kappa shape index (κ1) is 20.4. The SMILES string of the molecule is C[C@H](CCO)[C@H](OC(=O)NC(=O)c1ccccc1)c1ccc(O)c2ccccc12. The molecule has 0 radical (unpaired) electrons. The van der Waals surface area contributed by atoms with Crippen LogP contribution in [0, 0.1) is 5.92 Å². The van der Waals surface area contributed by atoms with E-state index < -0.39 is 18.1 Å². The van der Waals surface area contributed by atoms with Crippen LogP contribution in [0.4, 0.5) is 4.79 Å². The minimum atomic E-state index is -0.870. The number of fused-ring (bicyclic) bond motifs is 1. The number of hydrogen-bond donors (Lipinski definition) is 3. The summed E-state index contributed by atoms with van der Waals surface area (Å²) in [6.45, 7) is 1.79. The molecule has 0 spiro atoms. The maximum absolute atomic E-state index is 12.5. The van der Waals surface area contributed by atoms with E-state index in [4.69, 9.17) is 4.74 Å². The summed E-state index contributed by atoms with van der Waals surface area (Å²) in [5.74, 6) is -0.646. The molecule has 2 amide bonds. The average Bonchev–Trinajstić information content (AvgIpc) is 2.73. The molecule has 150 valence electrons. The number of carbonyl (C=O) groups excluding carboxylic acids is 2. The van der Waals surface area contributed by atoms with Crippen LogP contribution in [0.3, 0.4) is 0 Å². The van der Waals surface area contributed by atoms with Gasteiger partial charge in [0.25, 0.3) is 5.91 Å². The van der Waals surface area contributed by atoms with E-state index in [1.54, 1.807) is 48.5 Å². The average molecular weight is 393 g/mol. The number of phenols is 1. The van der Waals surface area contributed by atoms with Gasteiger partial charge in [0.15, 0.2) is 0 Å². The lowest BCUT2D eigenvalue weighted by molar-refractivity contribution is 0.0552. The van der Waals surface area contributed by atoms with Gasteiger partial charge >= 0.3 is 6.09 Å². The number of imide groups is 1. The zero-order chi connectivity index (χ0) is 20.8. The number of aliphatic hydroxyl groups is 1. The highest BCUT2D eigenvalue weighted by Crippen LogP contribution is 2.36. The van der Waals surface area contributed by atoms with Crippen molar-refractivity contribution in [1.29, 1.82) is 0 Å². The van der Waals surface area contributed by atoms with Gasteiger partial charge in [-0.2, -0.15) is 0 Å². The van der Waals surface area contributed by atoms with Crippen LogP contribution in [0.1, 0.15) is 35.4 Å². The molecule has 0 aromatic heterocycles. The zero-order valence-corrected chi connectivity index (χ0v) is 16.0. The van der Waals surface area contributed by atoms with Crippen molar-refractivity contribution in [3.8, 4) is 5.75 Å². The lowest BCUT2D eigenvalue weighted by atomic mass is 9.91. The fraction of sp³-hybridized carbons (Fsp3) is 0.217. The van der Waals surface area contributed by atoms with Crippen molar-refractivity contribution in [1.82, 2.24) is 5.32 Å². The third-order valence-electron chi connectivity index (χ3n) is 4.83. The topological polar surface area (TPSA) is 95.9 Å². The molecule has 0 aliphatic carbocycles. The first-order valence-corrected chi connectivity index (χ1v) is 9.39. The van der Waals surface area contributed by atoms with Crippen molar-refractivity contribution in [3.05, 3.63) is 77.9 Å². The monoisotopic (exact) mass is 393 g/mol. The van der Waals surface area contributed by atoms with Gasteiger partial charge in [0.1, 0.15) is 11.9 Å². The molecule has 3 aromatic carbocycles. The van der Waals surface area contributed by atoms with E-state index in [-0.39, 0.29) is 18.3 Å². The van der Waals surface area contributed by atoms with Crippen LogP contribution in [-0.2, 0) is 4.74 Å². The van der Waals surface area contributed by atoms with Crippen LogP contribution >= 0.6 is 0 Å². The highest BCUT2D eigenvalue weighted by atomic mass is 16.6. The van der Waals surface area contributed by atoms with Gasteiger partial charge in [-0.15, -0.1) is 0 Å². The zero-order valence-electron chi connectivity index (χ0n) is 16.0. The minimum Gasteiger partial charge on any atom is -0.507 e. The third-order valence-corrected chi connectivity index (χ3v) is 4.83. The summed E-state index contributed by atoms with van der Waals surface area (Å²) in [5.41, 5.74) is 1.04. The molecule has 0 unspecified atom stereocenters. The number of nitrogens with one attached hydrogen (secondary N) is 1. The van der Waals surface area contributed by atoms with Gasteiger partial charge < -0.3 is 14.9 Å². The molecule has 2 atom stereocenters. The van der Waals surface area contributed by atoms with Crippen LogP contribution in [-0.4, -0.2) is 28.8 Å². The van der Waals surface area contributed by atoms with Crippen molar-refractivity contribution in [2.45, 2.75) is 19.4 Å². The normalized spacial score (nSPS) is 12.9. The number of hydrogen-bond acceptors (Lipinski definition) is 5. The number of benzene rings is 3. The van der Waals surface area contributed by atoms with Gasteiger partial charge in [0, 0.05) is 23.1 Å². The predicted octanol–water partition coefficient (Wildman–Crippen LogP) is 4.17. The van der Waals surface area contributed by atoms with Crippen molar-refractivity contribution < 1.29 is 24.5 Å². The summed E-state index contributed by atoms with van der Waals surface area (Å²) in [4.78, 5) is 24.7. The molecule has 0 aliphatic heterocycles. The Morgan fingerprint density at radius 1 is 0.966 bits per heavy atom. The number of alkyl carbamates (subject to hydrolysis) is 1. The summed E-state index contributed by atoms with van der Waals surface area (Å²) >= 11 is 0. The highest BCUT2D eigenvalue weighted by molar-refractivity contribution is 6.02. The Labute approximate surface area is 168 Å². The van der Waals surface area contributed by atoms with E-state index in [1.807, 2.05) is 25.1 Å². The van der Waals surface area contributed by atoms with Gasteiger partial charge in [0.05, 0.1) is 0 Å². The Hall–Kier alpha value is -3.38. The molecule has 3 N–H and O–H groups in total. The van der Waals surface area contributed by atoms with Crippen LogP contribution < -0.4 is 5.32 Å². The lowest BCUT2D eigenvalue weighted by Crippen LogP contribution is -2.33. The molecule has 0 saturated heterocycles. The number of ether oxygens (including phenoxy) is 1. The first-order chi connectivity index (χ1) is 14.0. The largest absolute Gasteiger partial charge is 0.507 e. The molecule has 6 heteroatoms. The molecular weight excluding hydrogens is 370 g/mol. The fourth-order valence-electron chi connectivity index (χ4n) is 3.29. The predicted molar refractivity (Wildman–Crippen MR) is 110 cm³/mol. The van der Waals surface area contributed by atoms with Crippen molar-refractivity contribution in [3.63, 3.8) is 0 Å². The second kappa shape index (κ2) is 9.21. The maximum atomic E-state index is 12.5. The Balaban J connectivity index is 1.88. The lowest BCUT2D eigenvalue weighted by Gasteiger charge is -2.25. The minimum absolute atomic E-state index is 0.0678. The van der Waals surface area contributed by atoms with Crippen LogP contribution in [0.25, 0.3) is 10.8 Å². The van der Waals surface area contributed by atoms with Gasteiger partial charge in [0.2, 0.25) is 0 Å². The quantitative estimate of drug-likeness (QED) is 0.584. The van der Waals surface area contributed by atoms with E-state index in [1.165, 1.54) is 0 Å². The molecule has 0 aliphatic rings. The Bertz CT molecular complexity index is 1000. The number of amides is 2. The number of phenolic OH excluding ortho intramolecular Hbond substituents is 1. The highest BCUT2D eigenvalue weighted by Gasteiger charge is 2.26. The Morgan fingerprint density at radius 2 is 1.62 bits per heavy atom. The van der Waals surface area contributed by atoms with E-state index >= 15 is 0 Å². The molecule has 0 bridgehead atoms. The van der Waals surface area contributed by atoms with Gasteiger partial charge in [-0.25, -0.2) is 4.79 Å². The Morgan fingerprint density at radius 3 is 2.31 bits per heavy atom. The van der Waals surface area contributed by atoms with Gasteiger partial charge in [-0.1, -0.05) is 55.5 Å². The molecule has 29 heavy (non-hydrogen) atoms.